The Morgan fingerprint density at radius 1 is 1.40 bits per heavy atom. The molecule has 15 heavy (non-hydrogen) atoms. The summed E-state index contributed by atoms with van der Waals surface area (Å²) < 4.78 is 5.29. The van der Waals surface area contributed by atoms with Gasteiger partial charge in [-0.2, -0.15) is 0 Å². The van der Waals surface area contributed by atoms with Crippen LogP contribution in [0.4, 0.5) is 0 Å². The topological polar surface area (TPSA) is 51.0 Å². The highest BCUT2D eigenvalue weighted by Gasteiger charge is 2.22. The monoisotopic (exact) mass is 209 g/mol. The molecule has 1 fully saturated rings. The van der Waals surface area contributed by atoms with Crippen LogP contribution in [-0.4, -0.2) is 16.7 Å². The van der Waals surface area contributed by atoms with Crippen LogP contribution in [-0.2, 0) is 6.54 Å². The highest BCUT2D eigenvalue weighted by Crippen LogP contribution is 2.30. The summed E-state index contributed by atoms with van der Waals surface area (Å²) in [6.07, 6.45) is 4.12. The fraction of sp³-hybridized carbons (Fsp3) is 0.818. The minimum absolute atomic E-state index is 0.640. The second-order valence-corrected chi connectivity index (χ2v) is 4.51. The van der Waals surface area contributed by atoms with Gasteiger partial charge in [0.15, 0.2) is 0 Å². The van der Waals surface area contributed by atoms with Gasteiger partial charge in [-0.05, 0) is 24.8 Å². The molecule has 1 aromatic rings. The highest BCUT2D eigenvalue weighted by atomic mass is 16.4. The molecule has 0 spiro atoms. The van der Waals surface area contributed by atoms with Crippen molar-refractivity contribution in [3.8, 4) is 0 Å². The lowest BCUT2D eigenvalue weighted by Crippen LogP contribution is -2.24. The lowest BCUT2D eigenvalue weighted by molar-refractivity contribution is 0.374. The van der Waals surface area contributed by atoms with Gasteiger partial charge in [-0.25, -0.2) is 0 Å². The molecule has 2 atom stereocenters. The van der Waals surface area contributed by atoms with Gasteiger partial charge in [0, 0.05) is 6.92 Å². The summed E-state index contributed by atoms with van der Waals surface area (Å²) in [7, 11) is 0. The zero-order valence-corrected chi connectivity index (χ0v) is 9.49. The average molecular weight is 209 g/mol. The molecular formula is C11H19N3O. The Morgan fingerprint density at radius 2 is 2.27 bits per heavy atom. The fourth-order valence-electron chi connectivity index (χ4n) is 2.30. The van der Waals surface area contributed by atoms with Crippen LogP contribution in [0.15, 0.2) is 4.42 Å². The number of rotatable bonds is 4. The van der Waals surface area contributed by atoms with Crippen molar-refractivity contribution in [1.29, 1.82) is 0 Å². The van der Waals surface area contributed by atoms with Crippen molar-refractivity contribution in [1.82, 2.24) is 15.5 Å². The first-order valence-electron chi connectivity index (χ1n) is 5.75. The largest absolute Gasteiger partial charge is 0.424 e. The molecule has 1 aliphatic carbocycles. The molecule has 0 aliphatic heterocycles. The molecule has 1 heterocycles. The van der Waals surface area contributed by atoms with Crippen molar-refractivity contribution < 1.29 is 4.42 Å². The first-order chi connectivity index (χ1) is 7.25. The predicted molar refractivity (Wildman–Crippen MR) is 57.2 cm³/mol. The van der Waals surface area contributed by atoms with Crippen molar-refractivity contribution in [2.24, 2.45) is 11.8 Å². The third-order valence-corrected chi connectivity index (χ3v) is 3.29. The van der Waals surface area contributed by atoms with Gasteiger partial charge >= 0.3 is 0 Å². The molecule has 0 bridgehead atoms. The van der Waals surface area contributed by atoms with Gasteiger partial charge in [0.25, 0.3) is 0 Å². The van der Waals surface area contributed by atoms with Crippen molar-refractivity contribution in [3.63, 3.8) is 0 Å². The Balaban J connectivity index is 1.70. The molecule has 0 amide bonds. The summed E-state index contributed by atoms with van der Waals surface area (Å²) in [5.41, 5.74) is 0. The molecule has 1 saturated carbocycles. The van der Waals surface area contributed by atoms with Crippen LogP contribution in [0.2, 0.25) is 0 Å². The van der Waals surface area contributed by atoms with Crippen LogP contribution in [0.3, 0.4) is 0 Å². The summed E-state index contributed by atoms with van der Waals surface area (Å²) in [6, 6.07) is 0. The van der Waals surface area contributed by atoms with Gasteiger partial charge in [-0.15, -0.1) is 10.2 Å². The van der Waals surface area contributed by atoms with E-state index in [0.29, 0.717) is 18.3 Å². The lowest BCUT2D eigenvalue weighted by Gasteiger charge is -2.14. The molecule has 2 unspecified atom stereocenters. The van der Waals surface area contributed by atoms with Gasteiger partial charge in [0.05, 0.1) is 6.54 Å². The van der Waals surface area contributed by atoms with Crippen LogP contribution in [0.25, 0.3) is 0 Å². The number of hydrogen-bond acceptors (Lipinski definition) is 4. The number of nitrogens with one attached hydrogen (secondary N) is 1. The second kappa shape index (κ2) is 4.75. The van der Waals surface area contributed by atoms with E-state index in [2.05, 4.69) is 22.4 Å². The number of hydrogen-bond donors (Lipinski definition) is 1. The van der Waals surface area contributed by atoms with E-state index in [-0.39, 0.29) is 0 Å². The Kier molecular flexibility index (Phi) is 3.36. The predicted octanol–water partition coefficient (Wildman–Crippen LogP) is 1.90. The molecule has 1 N–H and O–H groups in total. The molecule has 0 saturated heterocycles. The molecule has 2 rings (SSSR count). The van der Waals surface area contributed by atoms with Crippen LogP contribution in [0.1, 0.15) is 38.0 Å². The number of aryl methyl sites for hydroxylation is 1. The minimum Gasteiger partial charge on any atom is -0.424 e. The third kappa shape index (κ3) is 2.78. The van der Waals surface area contributed by atoms with Gasteiger partial charge in [-0.3, -0.25) is 0 Å². The Hall–Kier alpha value is -0.900. The summed E-state index contributed by atoms with van der Waals surface area (Å²) in [5.74, 6) is 3.02. The first kappa shape index (κ1) is 10.6. The fourth-order valence-corrected chi connectivity index (χ4v) is 2.30. The van der Waals surface area contributed by atoms with E-state index in [1.54, 1.807) is 0 Å². The van der Waals surface area contributed by atoms with Crippen molar-refractivity contribution in [2.75, 3.05) is 6.54 Å². The minimum atomic E-state index is 0.640. The smallest absolute Gasteiger partial charge is 0.230 e. The Labute approximate surface area is 90.5 Å². The summed E-state index contributed by atoms with van der Waals surface area (Å²) in [4.78, 5) is 0. The average Bonchev–Trinajstić information content (AvgIpc) is 2.77. The van der Waals surface area contributed by atoms with E-state index in [9.17, 15) is 0 Å². The molecule has 1 aliphatic rings. The summed E-state index contributed by atoms with van der Waals surface area (Å²) in [6.45, 7) is 5.93. The van der Waals surface area contributed by atoms with Crippen molar-refractivity contribution in [3.05, 3.63) is 11.8 Å². The standard InChI is InChI=1S/C11H19N3O/c1-8-4-3-5-10(8)6-12-7-11-14-13-9(2)15-11/h8,10,12H,3-7H2,1-2H3. The maximum absolute atomic E-state index is 5.29. The highest BCUT2D eigenvalue weighted by molar-refractivity contribution is 4.80. The van der Waals surface area contributed by atoms with Crippen molar-refractivity contribution in [2.45, 2.75) is 39.7 Å². The zero-order chi connectivity index (χ0) is 10.7. The molecule has 1 aromatic heterocycles. The normalized spacial score (nSPS) is 26.0. The van der Waals surface area contributed by atoms with Crippen LogP contribution in [0.5, 0.6) is 0 Å². The number of aromatic nitrogens is 2. The van der Waals surface area contributed by atoms with Gasteiger partial charge in [0.1, 0.15) is 0 Å². The first-order valence-corrected chi connectivity index (χ1v) is 5.75. The SMILES string of the molecule is Cc1nnc(CNCC2CCCC2C)o1. The van der Waals surface area contributed by atoms with E-state index in [4.69, 9.17) is 4.42 Å². The quantitative estimate of drug-likeness (QED) is 0.823. The van der Waals surface area contributed by atoms with Gasteiger partial charge < -0.3 is 9.73 Å². The molecular weight excluding hydrogens is 190 g/mol. The van der Waals surface area contributed by atoms with Crippen LogP contribution >= 0.6 is 0 Å². The zero-order valence-electron chi connectivity index (χ0n) is 9.49. The number of nitrogens with zero attached hydrogens (tertiary/aromatic N) is 2. The maximum Gasteiger partial charge on any atom is 0.230 e. The Morgan fingerprint density at radius 3 is 2.87 bits per heavy atom. The molecule has 4 nitrogen and oxygen atoms in total. The third-order valence-electron chi connectivity index (χ3n) is 3.29. The van der Waals surface area contributed by atoms with E-state index >= 15 is 0 Å². The van der Waals surface area contributed by atoms with Gasteiger partial charge in [0.2, 0.25) is 11.8 Å². The van der Waals surface area contributed by atoms with Crippen LogP contribution in [0, 0.1) is 18.8 Å². The lowest BCUT2D eigenvalue weighted by atomic mass is 9.98. The molecule has 84 valence electrons. The maximum atomic E-state index is 5.29. The van der Waals surface area contributed by atoms with Gasteiger partial charge in [-0.1, -0.05) is 19.8 Å². The van der Waals surface area contributed by atoms with Crippen LogP contribution < -0.4 is 5.32 Å². The second-order valence-electron chi connectivity index (χ2n) is 4.51. The van der Waals surface area contributed by atoms with E-state index in [0.717, 1.165) is 18.4 Å². The molecule has 0 radical (unpaired) electrons. The summed E-state index contributed by atoms with van der Waals surface area (Å²) >= 11 is 0. The van der Waals surface area contributed by atoms with Crippen molar-refractivity contribution >= 4 is 0 Å². The van der Waals surface area contributed by atoms with E-state index in [1.807, 2.05) is 6.92 Å². The summed E-state index contributed by atoms with van der Waals surface area (Å²) in [5, 5.41) is 11.1. The molecule has 0 aromatic carbocycles. The Bertz CT molecular complexity index is 311. The van der Waals surface area contributed by atoms with E-state index in [1.165, 1.54) is 19.3 Å². The van der Waals surface area contributed by atoms with E-state index < -0.39 is 0 Å². The molecule has 4 heteroatoms.